The SMILES string of the molecule is O=S(O)c1ccc(O)cc1-c1ccccc1. The van der Waals surface area contributed by atoms with Gasteiger partial charge in [-0.2, -0.15) is 0 Å². The molecule has 0 fully saturated rings. The summed E-state index contributed by atoms with van der Waals surface area (Å²) >= 11 is -2.06. The van der Waals surface area contributed by atoms with Crippen molar-refractivity contribution in [1.82, 2.24) is 0 Å². The number of aromatic hydroxyl groups is 1. The summed E-state index contributed by atoms with van der Waals surface area (Å²) in [5, 5.41) is 9.40. The van der Waals surface area contributed by atoms with Crippen LogP contribution in [-0.2, 0) is 11.1 Å². The summed E-state index contributed by atoms with van der Waals surface area (Å²) in [6.45, 7) is 0. The van der Waals surface area contributed by atoms with Crippen LogP contribution in [0, 0.1) is 0 Å². The van der Waals surface area contributed by atoms with E-state index in [9.17, 15) is 9.32 Å². The lowest BCUT2D eigenvalue weighted by molar-refractivity contribution is 0.475. The summed E-state index contributed by atoms with van der Waals surface area (Å²) in [5.41, 5.74) is 1.37. The first-order chi connectivity index (χ1) is 7.68. The second-order valence-corrected chi connectivity index (χ2v) is 4.23. The Bertz CT molecular complexity index is 523. The largest absolute Gasteiger partial charge is 0.508 e. The number of hydrogen-bond acceptors (Lipinski definition) is 2. The van der Waals surface area contributed by atoms with Gasteiger partial charge in [0.2, 0.25) is 0 Å². The summed E-state index contributed by atoms with van der Waals surface area (Å²) in [6, 6.07) is 13.5. The highest BCUT2D eigenvalue weighted by Gasteiger charge is 2.10. The van der Waals surface area contributed by atoms with Crippen LogP contribution >= 0.6 is 0 Å². The summed E-state index contributed by atoms with van der Waals surface area (Å²) < 4.78 is 20.3. The van der Waals surface area contributed by atoms with E-state index in [0.717, 1.165) is 5.56 Å². The van der Waals surface area contributed by atoms with E-state index in [0.29, 0.717) is 10.5 Å². The Morgan fingerprint density at radius 2 is 1.69 bits per heavy atom. The predicted molar refractivity (Wildman–Crippen MR) is 62.6 cm³/mol. The third kappa shape index (κ3) is 2.13. The molecular weight excluding hydrogens is 224 g/mol. The minimum absolute atomic E-state index is 0.0769. The average molecular weight is 234 g/mol. The van der Waals surface area contributed by atoms with Crippen LogP contribution in [-0.4, -0.2) is 13.9 Å². The van der Waals surface area contributed by atoms with Gasteiger partial charge in [0.15, 0.2) is 11.1 Å². The molecule has 2 N–H and O–H groups in total. The molecule has 0 aromatic heterocycles. The molecule has 1 atom stereocenters. The van der Waals surface area contributed by atoms with Crippen molar-refractivity contribution in [3.8, 4) is 16.9 Å². The average Bonchev–Trinajstić information content (AvgIpc) is 2.29. The zero-order chi connectivity index (χ0) is 11.5. The molecule has 0 heterocycles. The maximum atomic E-state index is 11.1. The molecule has 0 saturated heterocycles. The van der Waals surface area contributed by atoms with Crippen LogP contribution in [0.1, 0.15) is 0 Å². The van der Waals surface area contributed by atoms with Crippen LogP contribution < -0.4 is 0 Å². The van der Waals surface area contributed by atoms with Gasteiger partial charge in [-0.15, -0.1) is 0 Å². The molecule has 3 nitrogen and oxygen atoms in total. The fourth-order valence-corrected chi connectivity index (χ4v) is 2.06. The quantitative estimate of drug-likeness (QED) is 0.785. The molecule has 0 amide bonds. The Balaban J connectivity index is 2.63. The maximum absolute atomic E-state index is 11.1. The number of phenols is 1. The molecule has 16 heavy (non-hydrogen) atoms. The van der Waals surface area contributed by atoms with Gasteiger partial charge in [0, 0.05) is 5.56 Å². The van der Waals surface area contributed by atoms with E-state index in [1.54, 1.807) is 0 Å². The number of phenolic OH excluding ortho intramolecular Hbond substituents is 1. The summed E-state index contributed by atoms with van der Waals surface area (Å²) in [4.78, 5) is 0.295. The first kappa shape index (κ1) is 10.9. The molecular formula is C12H10O3S. The standard InChI is InChI=1S/C12H10O3S/c13-10-6-7-12(16(14)15)11(8-10)9-4-2-1-3-5-9/h1-8,13H,(H,14,15). The van der Waals surface area contributed by atoms with Gasteiger partial charge < -0.3 is 9.66 Å². The van der Waals surface area contributed by atoms with E-state index in [-0.39, 0.29) is 5.75 Å². The van der Waals surface area contributed by atoms with Gasteiger partial charge in [-0.1, -0.05) is 30.3 Å². The van der Waals surface area contributed by atoms with Crippen molar-refractivity contribution in [3.05, 3.63) is 48.5 Å². The van der Waals surface area contributed by atoms with Gasteiger partial charge in [0.1, 0.15) is 5.75 Å². The van der Waals surface area contributed by atoms with E-state index in [1.165, 1.54) is 18.2 Å². The van der Waals surface area contributed by atoms with E-state index >= 15 is 0 Å². The van der Waals surface area contributed by atoms with Gasteiger partial charge in [-0.05, 0) is 23.8 Å². The first-order valence-corrected chi connectivity index (χ1v) is 5.78. The molecule has 4 heteroatoms. The van der Waals surface area contributed by atoms with Crippen LogP contribution in [0.5, 0.6) is 5.75 Å². The Hall–Kier alpha value is -1.65. The molecule has 0 aliphatic heterocycles. The van der Waals surface area contributed by atoms with Gasteiger partial charge in [-0.3, -0.25) is 0 Å². The Morgan fingerprint density at radius 1 is 1.00 bits per heavy atom. The predicted octanol–water partition coefficient (Wildman–Crippen LogP) is 2.64. The molecule has 2 aromatic carbocycles. The molecule has 0 saturated carbocycles. The molecule has 2 aromatic rings. The van der Waals surface area contributed by atoms with Crippen molar-refractivity contribution in [2.24, 2.45) is 0 Å². The Morgan fingerprint density at radius 3 is 2.31 bits per heavy atom. The minimum Gasteiger partial charge on any atom is -0.508 e. The zero-order valence-corrected chi connectivity index (χ0v) is 9.15. The van der Waals surface area contributed by atoms with E-state index in [4.69, 9.17) is 4.55 Å². The third-order valence-electron chi connectivity index (χ3n) is 2.24. The molecule has 1 unspecified atom stereocenters. The lowest BCUT2D eigenvalue weighted by atomic mass is 10.1. The molecule has 0 aliphatic carbocycles. The third-order valence-corrected chi connectivity index (χ3v) is 2.97. The minimum atomic E-state index is -2.06. The van der Waals surface area contributed by atoms with Crippen LogP contribution in [0.3, 0.4) is 0 Å². The molecule has 0 spiro atoms. The maximum Gasteiger partial charge on any atom is 0.187 e. The van der Waals surface area contributed by atoms with Gasteiger partial charge >= 0.3 is 0 Å². The first-order valence-electron chi connectivity index (χ1n) is 4.68. The fourth-order valence-electron chi connectivity index (χ4n) is 1.51. The fraction of sp³-hybridized carbons (Fsp3) is 0. The number of hydrogen-bond donors (Lipinski definition) is 2. The van der Waals surface area contributed by atoms with Crippen LogP contribution in [0.2, 0.25) is 0 Å². The molecule has 0 aliphatic rings. The van der Waals surface area contributed by atoms with E-state index < -0.39 is 11.1 Å². The summed E-state index contributed by atoms with van der Waals surface area (Å²) in [6.07, 6.45) is 0. The van der Waals surface area contributed by atoms with Crippen molar-refractivity contribution in [2.75, 3.05) is 0 Å². The molecule has 0 radical (unpaired) electrons. The van der Waals surface area contributed by atoms with Crippen molar-refractivity contribution in [3.63, 3.8) is 0 Å². The lowest BCUT2D eigenvalue weighted by Crippen LogP contribution is -1.92. The normalized spacial score (nSPS) is 12.3. The molecule has 0 bridgehead atoms. The topological polar surface area (TPSA) is 57.5 Å². The lowest BCUT2D eigenvalue weighted by Gasteiger charge is -2.06. The Labute approximate surface area is 95.7 Å². The highest BCUT2D eigenvalue weighted by molar-refractivity contribution is 7.79. The van der Waals surface area contributed by atoms with E-state index in [1.807, 2.05) is 30.3 Å². The molecule has 82 valence electrons. The smallest absolute Gasteiger partial charge is 0.187 e. The monoisotopic (exact) mass is 234 g/mol. The van der Waals surface area contributed by atoms with Crippen LogP contribution in [0.15, 0.2) is 53.4 Å². The van der Waals surface area contributed by atoms with Gasteiger partial charge in [0.25, 0.3) is 0 Å². The number of benzene rings is 2. The van der Waals surface area contributed by atoms with Crippen molar-refractivity contribution in [1.29, 1.82) is 0 Å². The van der Waals surface area contributed by atoms with Crippen LogP contribution in [0.4, 0.5) is 0 Å². The Kier molecular flexibility index (Phi) is 3.03. The van der Waals surface area contributed by atoms with Gasteiger partial charge in [-0.25, -0.2) is 4.21 Å². The summed E-state index contributed by atoms with van der Waals surface area (Å²) in [5.74, 6) is 0.0769. The second kappa shape index (κ2) is 4.47. The number of rotatable bonds is 2. The van der Waals surface area contributed by atoms with Crippen molar-refractivity contribution >= 4 is 11.1 Å². The van der Waals surface area contributed by atoms with Crippen molar-refractivity contribution in [2.45, 2.75) is 4.90 Å². The second-order valence-electron chi connectivity index (χ2n) is 3.30. The molecule has 2 rings (SSSR count). The highest BCUT2D eigenvalue weighted by Crippen LogP contribution is 2.29. The van der Waals surface area contributed by atoms with E-state index in [2.05, 4.69) is 0 Å². The van der Waals surface area contributed by atoms with Gasteiger partial charge in [0.05, 0.1) is 4.90 Å². The highest BCUT2D eigenvalue weighted by atomic mass is 32.2. The summed E-state index contributed by atoms with van der Waals surface area (Å²) in [7, 11) is 0. The zero-order valence-electron chi connectivity index (χ0n) is 8.33. The van der Waals surface area contributed by atoms with Crippen molar-refractivity contribution < 1.29 is 13.9 Å². The van der Waals surface area contributed by atoms with Crippen LogP contribution in [0.25, 0.3) is 11.1 Å².